The molecule has 1 rings (SSSR count). The van der Waals surface area contributed by atoms with Crippen molar-refractivity contribution in [2.45, 2.75) is 66.5 Å². The minimum atomic E-state index is -0.397. The minimum absolute atomic E-state index is 0.324. The predicted molar refractivity (Wildman–Crippen MR) is 80.3 cm³/mol. The van der Waals surface area contributed by atoms with E-state index in [1.54, 1.807) is 0 Å². The van der Waals surface area contributed by atoms with Gasteiger partial charge in [-0.1, -0.05) is 41.5 Å². The highest BCUT2D eigenvalue weighted by Gasteiger charge is 2.64. The Hall–Kier alpha value is -0.120. The van der Waals surface area contributed by atoms with Gasteiger partial charge in [0.2, 0.25) is 0 Å². The van der Waals surface area contributed by atoms with Gasteiger partial charge >= 0.3 is 0 Å². The van der Waals surface area contributed by atoms with Crippen LogP contribution in [0.5, 0.6) is 0 Å². The Morgan fingerprint density at radius 2 is 1.74 bits per heavy atom. The lowest BCUT2D eigenvalue weighted by molar-refractivity contribution is 0.0341. The summed E-state index contributed by atoms with van der Waals surface area (Å²) in [4.78, 5) is 0. The van der Waals surface area contributed by atoms with E-state index in [1.165, 1.54) is 6.42 Å². The van der Waals surface area contributed by atoms with Gasteiger partial charge in [-0.3, -0.25) is 0 Å². The predicted octanol–water partition coefficient (Wildman–Crippen LogP) is 2.82. The van der Waals surface area contributed by atoms with Crippen molar-refractivity contribution in [3.8, 4) is 0 Å². The van der Waals surface area contributed by atoms with Gasteiger partial charge in [-0.15, -0.1) is 0 Å². The summed E-state index contributed by atoms with van der Waals surface area (Å²) in [5.74, 6) is 0.731. The zero-order valence-electron chi connectivity index (χ0n) is 13.6. The quantitative estimate of drug-likeness (QED) is 0.634. The Bertz CT molecular complexity index is 260. The van der Waals surface area contributed by atoms with Crippen molar-refractivity contribution >= 4 is 0 Å². The van der Waals surface area contributed by atoms with Crippen molar-refractivity contribution in [2.75, 3.05) is 19.8 Å². The van der Waals surface area contributed by atoms with E-state index in [1.807, 2.05) is 0 Å². The highest BCUT2D eigenvalue weighted by molar-refractivity contribution is 5.17. The Morgan fingerprint density at radius 3 is 2.21 bits per heavy atom. The number of rotatable bonds is 9. The molecule has 0 aliphatic heterocycles. The van der Waals surface area contributed by atoms with E-state index in [4.69, 9.17) is 4.74 Å². The molecule has 0 amide bonds. The summed E-state index contributed by atoms with van der Waals surface area (Å²) in [5.41, 5.74) is 0.648. The van der Waals surface area contributed by atoms with Crippen molar-refractivity contribution in [3.05, 3.63) is 0 Å². The van der Waals surface area contributed by atoms with Crippen LogP contribution in [0.2, 0.25) is 0 Å². The summed E-state index contributed by atoms with van der Waals surface area (Å²) >= 11 is 0. The normalized spacial score (nSPS) is 22.7. The lowest BCUT2D eigenvalue weighted by atomic mass is 10.0. The van der Waals surface area contributed by atoms with Crippen LogP contribution >= 0.6 is 0 Å². The molecule has 19 heavy (non-hydrogen) atoms. The maximum atomic E-state index is 9.89. The third kappa shape index (κ3) is 4.44. The first kappa shape index (κ1) is 16.9. The molecule has 0 radical (unpaired) electrons. The Balaban J connectivity index is 2.05. The second kappa shape index (κ2) is 6.55. The molecule has 3 heteroatoms. The second-order valence-electron chi connectivity index (χ2n) is 7.55. The number of hydrogen-bond acceptors (Lipinski definition) is 3. The molecule has 1 atom stereocenters. The SMILES string of the molecule is CC(C)CCCOCC(O)CNC1C(C)(C)C1(C)C. The van der Waals surface area contributed by atoms with Crippen molar-refractivity contribution in [2.24, 2.45) is 16.7 Å². The van der Waals surface area contributed by atoms with Crippen molar-refractivity contribution in [1.29, 1.82) is 0 Å². The van der Waals surface area contributed by atoms with E-state index in [2.05, 4.69) is 46.9 Å². The first-order chi connectivity index (χ1) is 8.69. The number of aliphatic hydroxyl groups is 1. The Labute approximate surface area is 119 Å². The molecular weight excluding hydrogens is 238 g/mol. The number of aliphatic hydroxyl groups excluding tert-OH is 1. The first-order valence-corrected chi connectivity index (χ1v) is 7.68. The molecule has 1 aliphatic carbocycles. The Kier molecular flexibility index (Phi) is 5.84. The highest BCUT2D eigenvalue weighted by Crippen LogP contribution is 2.62. The van der Waals surface area contributed by atoms with Crippen LogP contribution in [0.3, 0.4) is 0 Å². The van der Waals surface area contributed by atoms with E-state index in [-0.39, 0.29) is 0 Å². The summed E-state index contributed by atoms with van der Waals surface area (Å²) in [6.07, 6.45) is 1.88. The summed E-state index contributed by atoms with van der Waals surface area (Å²) in [6, 6.07) is 0.496. The van der Waals surface area contributed by atoms with E-state index < -0.39 is 6.10 Å². The largest absolute Gasteiger partial charge is 0.389 e. The van der Waals surface area contributed by atoms with Gasteiger partial charge in [0.05, 0.1) is 12.7 Å². The van der Waals surface area contributed by atoms with Gasteiger partial charge in [-0.05, 0) is 29.6 Å². The molecule has 0 spiro atoms. The summed E-state index contributed by atoms with van der Waals surface area (Å²) in [6.45, 7) is 15.4. The van der Waals surface area contributed by atoms with E-state index in [0.717, 1.165) is 18.9 Å². The second-order valence-corrected chi connectivity index (χ2v) is 7.55. The van der Waals surface area contributed by atoms with Gasteiger partial charge in [-0.2, -0.15) is 0 Å². The van der Waals surface area contributed by atoms with Crippen molar-refractivity contribution < 1.29 is 9.84 Å². The molecule has 0 heterocycles. The lowest BCUT2D eigenvalue weighted by Crippen LogP contribution is -2.34. The molecule has 1 fully saturated rings. The maximum Gasteiger partial charge on any atom is 0.0897 e. The number of ether oxygens (including phenoxy) is 1. The molecule has 0 bridgehead atoms. The minimum Gasteiger partial charge on any atom is -0.389 e. The smallest absolute Gasteiger partial charge is 0.0897 e. The molecule has 1 saturated carbocycles. The third-order valence-corrected chi connectivity index (χ3v) is 4.96. The van der Waals surface area contributed by atoms with Gasteiger partial charge in [-0.25, -0.2) is 0 Å². The highest BCUT2D eigenvalue weighted by atomic mass is 16.5. The zero-order valence-corrected chi connectivity index (χ0v) is 13.6. The molecule has 1 unspecified atom stereocenters. The van der Waals surface area contributed by atoms with Crippen LogP contribution in [-0.2, 0) is 4.74 Å². The fraction of sp³-hybridized carbons (Fsp3) is 1.00. The third-order valence-electron chi connectivity index (χ3n) is 4.96. The van der Waals surface area contributed by atoms with Crippen LogP contribution in [0, 0.1) is 16.7 Å². The molecule has 1 aliphatic rings. The fourth-order valence-corrected chi connectivity index (χ4v) is 2.83. The number of nitrogens with one attached hydrogen (secondary N) is 1. The van der Waals surface area contributed by atoms with Crippen LogP contribution in [0.25, 0.3) is 0 Å². The summed E-state index contributed by atoms with van der Waals surface area (Å²) < 4.78 is 5.51. The molecule has 114 valence electrons. The Morgan fingerprint density at radius 1 is 1.16 bits per heavy atom. The van der Waals surface area contributed by atoms with Gasteiger partial charge < -0.3 is 15.2 Å². The maximum absolute atomic E-state index is 9.89. The van der Waals surface area contributed by atoms with Crippen LogP contribution in [0.1, 0.15) is 54.4 Å². The van der Waals surface area contributed by atoms with E-state index in [9.17, 15) is 5.11 Å². The van der Waals surface area contributed by atoms with Crippen LogP contribution < -0.4 is 5.32 Å². The van der Waals surface area contributed by atoms with E-state index >= 15 is 0 Å². The average Bonchev–Trinajstić information content (AvgIpc) is 2.66. The van der Waals surface area contributed by atoms with Crippen LogP contribution in [0.4, 0.5) is 0 Å². The first-order valence-electron chi connectivity index (χ1n) is 7.68. The summed E-state index contributed by atoms with van der Waals surface area (Å²) in [7, 11) is 0. The summed E-state index contributed by atoms with van der Waals surface area (Å²) in [5, 5.41) is 13.4. The average molecular weight is 271 g/mol. The molecule has 3 nitrogen and oxygen atoms in total. The fourth-order valence-electron chi connectivity index (χ4n) is 2.83. The zero-order chi connectivity index (χ0) is 14.7. The van der Waals surface area contributed by atoms with Crippen LogP contribution in [0.15, 0.2) is 0 Å². The molecule has 0 aromatic heterocycles. The van der Waals surface area contributed by atoms with Gasteiger partial charge in [0.15, 0.2) is 0 Å². The monoisotopic (exact) mass is 271 g/mol. The molecule has 0 aromatic rings. The molecule has 0 saturated heterocycles. The lowest BCUT2D eigenvalue weighted by Gasteiger charge is -2.13. The standard InChI is InChI=1S/C16H33NO2/c1-12(2)8-7-9-19-11-13(18)10-17-14-15(3,4)16(14,5)6/h12-14,17-18H,7-11H2,1-6H3. The van der Waals surface area contributed by atoms with Crippen LogP contribution in [-0.4, -0.2) is 37.0 Å². The molecular formula is C16H33NO2. The van der Waals surface area contributed by atoms with Crippen molar-refractivity contribution in [1.82, 2.24) is 5.32 Å². The van der Waals surface area contributed by atoms with Crippen molar-refractivity contribution in [3.63, 3.8) is 0 Å². The topological polar surface area (TPSA) is 41.5 Å². The number of hydrogen-bond donors (Lipinski definition) is 2. The molecule has 2 N–H and O–H groups in total. The molecule has 0 aromatic carbocycles. The van der Waals surface area contributed by atoms with Gasteiger partial charge in [0.25, 0.3) is 0 Å². The van der Waals surface area contributed by atoms with Gasteiger partial charge in [0.1, 0.15) is 0 Å². The van der Waals surface area contributed by atoms with Gasteiger partial charge in [0, 0.05) is 19.2 Å². The van der Waals surface area contributed by atoms with E-state index in [0.29, 0.717) is 30.0 Å².